The van der Waals surface area contributed by atoms with E-state index in [9.17, 15) is 4.79 Å². The molecule has 0 bridgehead atoms. The summed E-state index contributed by atoms with van der Waals surface area (Å²) in [6.45, 7) is 7.64. The van der Waals surface area contributed by atoms with Crippen LogP contribution in [0.15, 0.2) is 42.6 Å². The molecule has 7 nitrogen and oxygen atoms in total. The highest BCUT2D eigenvalue weighted by atomic mass is 16.5. The molecule has 3 aromatic rings. The molecule has 1 fully saturated rings. The van der Waals surface area contributed by atoms with Crippen LogP contribution in [0.2, 0.25) is 0 Å². The maximum atomic E-state index is 12.2. The fraction of sp³-hybridized carbons (Fsp3) is 0.273. The number of nitrogens with two attached hydrogens (primary N) is 1. The smallest absolute Gasteiger partial charge is 0.236 e. The van der Waals surface area contributed by atoms with Crippen molar-refractivity contribution in [1.82, 2.24) is 9.97 Å². The van der Waals surface area contributed by atoms with Gasteiger partial charge in [0.1, 0.15) is 17.6 Å². The summed E-state index contributed by atoms with van der Waals surface area (Å²) in [7, 11) is 1.68. The van der Waals surface area contributed by atoms with E-state index in [1.165, 1.54) is 0 Å². The topological polar surface area (TPSA) is 94.5 Å². The number of aromatic nitrogens is 2. The average molecular weight is 387 g/mol. The highest BCUT2D eigenvalue weighted by Gasteiger charge is 2.49. The molecule has 4 rings (SSSR count). The number of nitrogen functional groups attached to an aromatic ring is 1. The van der Waals surface area contributed by atoms with Crippen molar-refractivity contribution in [3.63, 3.8) is 0 Å². The van der Waals surface area contributed by atoms with Crippen molar-refractivity contribution in [2.75, 3.05) is 24.8 Å². The number of pyridine rings is 2. The van der Waals surface area contributed by atoms with E-state index >= 15 is 0 Å². The predicted molar refractivity (Wildman–Crippen MR) is 112 cm³/mol. The van der Waals surface area contributed by atoms with Gasteiger partial charge in [-0.2, -0.15) is 0 Å². The first-order chi connectivity index (χ1) is 14.1. The van der Waals surface area contributed by atoms with Crippen LogP contribution in [0.1, 0.15) is 12.0 Å². The van der Waals surface area contributed by atoms with Crippen LogP contribution in [0, 0.1) is 12.5 Å². The Bertz CT molecular complexity index is 1120. The number of amides is 1. The Morgan fingerprint density at radius 2 is 2.21 bits per heavy atom. The van der Waals surface area contributed by atoms with E-state index in [1.54, 1.807) is 19.4 Å². The zero-order valence-corrected chi connectivity index (χ0v) is 16.1. The van der Waals surface area contributed by atoms with Gasteiger partial charge in [-0.25, -0.2) is 16.5 Å². The van der Waals surface area contributed by atoms with Gasteiger partial charge in [-0.1, -0.05) is 24.3 Å². The molecule has 2 atom stereocenters. The maximum Gasteiger partial charge on any atom is 0.236 e. The number of hydrogen-bond acceptors (Lipinski definition) is 5. The maximum absolute atomic E-state index is 12.2. The van der Waals surface area contributed by atoms with Gasteiger partial charge in [0.2, 0.25) is 11.9 Å². The van der Waals surface area contributed by atoms with Crippen molar-refractivity contribution in [3.8, 4) is 11.3 Å². The molecule has 1 saturated carbocycles. The van der Waals surface area contributed by atoms with E-state index in [4.69, 9.17) is 17.0 Å². The lowest BCUT2D eigenvalue weighted by Crippen LogP contribution is -2.16. The monoisotopic (exact) mass is 387 g/mol. The van der Waals surface area contributed by atoms with Gasteiger partial charge < -0.3 is 20.6 Å². The van der Waals surface area contributed by atoms with Crippen molar-refractivity contribution in [2.24, 2.45) is 5.92 Å². The number of anilines is 2. The summed E-state index contributed by atoms with van der Waals surface area (Å²) in [4.78, 5) is 24.5. The summed E-state index contributed by atoms with van der Waals surface area (Å²) in [6, 6.07) is 11.6. The number of ether oxygens (including phenoxy) is 1. The van der Waals surface area contributed by atoms with Crippen molar-refractivity contribution >= 4 is 28.3 Å². The summed E-state index contributed by atoms with van der Waals surface area (Å²) in [5, 5.41) is 4.38. The van der Waals surface area contributed by atoms with E-state index in [-0.39, 0.29) is 17.9 Å². The molecule has 0 saturated heterocycles. The molecule has 0 unspecified atom stereocenters. The van der Waals surface area contributed by atoms with Gasteiger partial charge in [0.15, 0.2) is 0 Å². The molecule has 1 aliphatic carbocycles. The fourth-order valence-corrected chi connectivity index (χ4v) is 3.41. The van der Waals surface area contributed by atoms with Crippen molar-refractivity contribution in [2.45, 2.75) is 18.9 Å². The number of carbonyl (C=O) groups excluding carboxylic acids is 1. The quantitative estimate of drug-likeness (QED) is 0.633. The van der Waals surface area contributed by atoms with Crippen LogP contribution >= 0.6 is 0 Å². The van der Waals surface area contributed by atoms with Crippen LogP contribution in [0.25, 0.3) is 26.9 Å². The van der Waals surface area contributed by atoms with Gasteiger partial charge in [0, 0.05) is 30.7 Å². The fourth-order valence-electron chi connectivity index (χ4n) is 3.41. The summed E-state index contributed by atoms with van der Waals surface area (Å²) < 4.78 is 5.21. The molecule has 2 heterocycles. The Hall–Kier alpha value is -3.50. The lowest BCUT2D eigenvalue weighted by atomic mass is 10.0. The van der Waals surface area contributed by atoms with E-state index in [1.807, 2.05) is 24.3 Å². The molecule has 7 heteroatoms. The largest absolute Gasteiger partial charge is 0.384 e. The van der Waals surface area contributed by atoms with Gasteiger partial charge in [-0.3, -0.25) is 4.79 Å². The Balaban J connectivity index is 1.67. The van der Waals surface area contributed by atoms with E-state index in [0.717, 1.165) is 34.0 Å². The number of nitrogens with zero attached hydrogens (tertiary/aromatic N) is 3. The normalized spacial score (nSPS) is 17.7. The minimum atomic E-state index is -0.240. The minimum absolute atomic E-state index is 0.162. The molecule has 0 spiro atoms. The molecule has 3 N–H and O–H groups in total. The number of rotatable bonds is 6. The number of fused-ring (bicyclic) bond motifs is 1. The van der Waals surface area contributed by atoms with E-state index in [0.29, 0.717) is 24.7 Å². The molecule has 29 heavy (non-hydrogen) atoms. The molecule has 0 aliphatic heterocycles. The second kappa shape index (κ2) is 7.86. The molecule has 1 aliphatic rings. The standard InChI is InChI=1S/C22H21N5O2/c1-24-18-11-16(18)22(28)27-20-10-14-9-19(26-21(23)17(14)12-25-20)15-6-4-3-5-13(15)7-8-29-2/h3-6,9-10,12,16,18H,7-8,11H2,2H3,(H2,23,26)(H,25,27,28)/t16-,18-/m1/s1. The summed E-state index contributed by atoms with van der Waals surface area (Å²) in [5.41, 5.74) is 9.08. The third-order valence-corrected chi connectivity index (χ3v) is 5.12. The Kier molecular flexibility index (Phi) is 5.10. The van der Waals surface area contributed by atoms with Crippen LogP contribution in [0.4, 0.5) is 11.6 Å². The van der Waals surface area contributed by atoms with Crippen LogP contribution in [-0.4, -0.2) is 35.6 Å². The van der Waals surface area contributed by atoms with Gasteiger partial charge in [0.25, 0.3) is 0 Å². The first-order valence-corrected chi connectivity index (χ1v) is 9.41. The second-order valence-corrected chi connectivity index (χ2v) is 7.11. The highest BCUT2D eigenvalue weighted by molar-refractivity contribution is 5.98. The number of carbonyl (C=O) groups is 1. The van der Waals surface area contributed by atoms with Gasteiger partial charge in [-0.05, 0) is 29.5 Å². The zero-order chi connectivity index (χ0) is 20.4. The summed E-state index contributed by atoms with van der Waals surface area (Å²) >= 11 is 0. The first-order valence-electron chi connectivity index (χ1n) is 9.41. The SMILES string of the molecule is [C-]#[N+][C@@H]1C[C@H]1C(=O)Nc1cc2cc(-c3ccccc3CCOC)nc(N)c2cn1. The molecular formula is C22H21N5O2. The van der Waals surface area contributed by atoms with Crippen LogP contribution in [-0.2, 0) is 16.0 Å². The Labute approximate surface area is 168 Å². The molecule has 1 amide bonds. The lowest BCUT2D eigenvalue weighted by Gasteiger charge is -2.12. The van der Waals surface area contributed by atoms with E-state index in [2.05, 4.69) is 26.2 Å². The minimum Gasteiger partial charge on any atom is -0.384 e. The molecule has 146 valence electrons. The molecule has 0 radical (unpaired) electrons. The Morgan fingerprint density at radius 3 is 2.97 bits per heavy atom. The lowest BCUT2D eigenvalue weighted by molar-refractivity contribution is -0.117. The summed E-state index contributed by atoms with van der Waals surface area (Å²) in [6.07, 6.45) is 3.00. The van der Waals surface area contributed by atoms with Crippen LogP contribution in [0.5, 0.6) is 0 Å². The van der Waals surface area contributed by atoms with Crippen molar-refractivity contribution < 1.29 is 9.53 Å². The van der Waals surface area contributed by atoms with E-state index < -0.39 is 0 Å². The number of benzene rings is 1. The first kappa shape index (κ1) is 18.8. The highest BCUT2D eigenvalue weighted by Crippen LogP contribution is 2.35. The van der Waals surface area contributed by atoms with Crippen LogP contribution in [0.3, 0.4) is 0 Å². The molecule has 1 aromatic carbocycles. The third kappa shape index (κ3) is 3.89. The number of hydrogen-bond donors (Lipinski definition) is 2. The van der Waals surface area contributed by atoms with Gasteiger partial charge in [-0.15, -0.1) is 0 Å². The van der Waals surface area contributed by atoms with Crippen molar-refractivity contribution in [1.29, 1.82) is 0 Å². The predicted octanol–water partition coefficient (Wildman–Crippen LogP) is 3.31. The van der Waals surface area contributed by atoms with Crippen LogP contribution < -0.4 is 11.1 Å². The van der Waals surface area contributed by atoms with Gasteiger partial charge >= 0.3 is 0 Å². The van der Waals surface area contributed by atoms with Crippen molar-refractivity contribution in [3.05, 3.63) is 59.6 Å². The Morgan fingerprint density at radius 1 is 1.38 bits per heavy atom. The number of methoxy groups -OCH3 is 1. The molecular weight excluding hydrogens is 366 g/mol. The summed E-state index contributed by atoms with van der Waals surface area (Å²) in [5.74, 6) is 0.433. The average Bonchev–Trinajstić information content (AvgIpc) is 3.52. The van der Waals surface area contributed by atoms with Gasteiger partial charge in [0.05, 0.1) is 12.3 Å². The number of nitrogens with one attached hydrogen (secondary N) is 1. The second-order valence-electron chi connectivity index (χ2n) is 7.11. The third-order valence-electron chi connectivity index (χ3n) is 5.12. The zero-order valence-electron chi connectivity index (χ0n) is 16.1. The molecule has 2 aromatic heterocycles.